The van der Waals surface area contributed by atoms with E-state index in [4.69, 9.17) is 10.00 Å². The largest absolute Gasteiger partial charge is 0.479 e. The molecule has 0 aliphatic heterocycles. The van der Waals surface area contributed by atoms with Gasteiger partial charge in [0, 0.05) is 11.6 Å². The first kappa shape index (κ1) is 17.0. The molecule has 5 heteroatoms. The molecule has 0 saturated carbocycles. The first-order valence-electron chi connectivity index (χ1n) is 7.29. The van der Waals surface area contributed by atoms with Gasteiger partial charge in [0.05, 0.1) is 5.69 Å². The van der Waals surface area contributed by atoms with Crippen molar-refractivity contribution >= 4 is 23.5 Å². The lowest BCUT2D eigenvalue weighted by molar-refractivity contribution is -0.111. The molecule has 0 aromatic heterocycles. The number of Topliss-reactive ketones (excluding diaryl/α,β-unsaturated/α-hetero) is 1. The zero-order chi connectivity index (χ0) is 17.4. The van der Waals surface area contributed by atoms with Crippen molar-refractivity contribution in [1.82, 2.24) is 0 Å². The predicted octanol–water partition coefficient (Wildman–Crippen LogP) is 3.44. The van der Waals surface area contributed by atoms with E-state index in [1.54, 1.807) is 54.6 Å². The molecule has 0 bridgehead atoms. The van der Waals surface area contributed by atoms with Crippen molar-refractivity contribution in [2.75, 3.05) is 11.9 Å². The molecule has 0 unspecified atom stereocenters. The molecule has 2 aromatic rings. The maximum Gasteiger partial charge on any atom is 0.248 e. The highest BCUT2D eigenvalue weighted by atomic mass is 16.5. The number of benzene rings is 2. The number of hydrogen-bond acceptors (Lipinski definition) is 4. The molecule has 1 N–H and O–H groups in total. The van der Waals surface area contributed by atoms with E-state index in [2.05, 4.69) is 5.32 Å². The highest BCUT2D eigenvalue weighted by Crippen LogP contribution is 2.16. The van der Waals surface area contributed by atoms with E-state index in [-0.39, 0.29) is 18.3 Å². The van der Waals surface area contributed by atoms with Gasteiger partial charge in [0.2, 0.25) is 5.91 Å². The molecule has 0 heterocycles. The smallest absolute Gasteiger partial charge is 0.248 e. The fourth-order valence-corrected chi connectivity index (χ4v) is 2.04. The number of carbonyl (C=O) groups excluding carboxylic acids is 2. The summed E-state index contributed by atoms with van der Waals surface area (Å²) in [5.41, 5.74) is 1.77. The topological polar surface area (TPSA) is 79.2 Å². The number of nitriles is 1. The van der Waals surface area contributed by atoms with Crippen molar-refractivity contribution < 1.29 is 14.3 Å². The molecule has 0 spiro atoms. The third kappa shape index (κ3) is 4.82. The monoisotopic (exact) mass is 320 g/mol. The van der Waals surface area contributed by atoms with Crippen LogP contribution in [0.25, 0.3) is 6.08 Å². The van der Waals surface area contributed by atoms with Crippen LogP contribution >= 0.6 is 0 Å². The highest BCUT2D eigenvalue weighted by molar-refractivity contribution is 6.07. The Morgan fingerprint density at radius 3 is 2.54 bits per heavy atom. The van der Waals surface area contributed by atoms with Crippen LogP contribution in [0.4, 0.5) is 5.69 Å². The summed E-state index contributed by atoms with van der Waals surface area (Å²) in [5.74, 6) is 0.157. The first-order valence-corrected chi connectivity index (χ1v) is 7.29. The van der Waals surface area contributed by atoms with Crippen LogP contribution in [0.3, 0.4) is 0 Å². The van der Waals surface area contributed by atoms with Crippen LogP contribution in [-0.2, 0) is 4.79 Å². The summed E-state index contributed by atoms with van der Waals surface area (Å²) in [6.07, 6.45) is 3.04. The van der Waals surface area contributed by atoms with Crippen molar-refractivity contribution in [3.05, 3.63) is 65.7 Å². The molecule has 0 radical (unpaired) electrons. The average Bonchev–Trinajstić information content (AvgIpc) is 2.59. The van der Waals surface area contributed by atoms with Crippen LogP contribution < -0.4 is 10.1 Å². The second kappa shape index (κ2) is 8.30. The van der Waals surface area contributed by atoms with Gasteiger partial charge in [-0.1, -0.05) is 24.3 Å². The molecular formula is C19H16N2O3. The van der Waals surface area contributed by atoms with Gasteiger partial charge < -0.3 is 10.1 Å². The quantitative estimate of drug-likeness (QED) is 0.653. The van der Waals surface area contributed by atoms with Gasteiger partial charge in [0.15, 0.2) is 12.4 Å². The Bertz CT molecular complexity index is 802. The van der Waals surface area contributed by atoms with Crippen molar-refractivity contribution in [2.45, 2.75) is 6.92 Å². The highest BCUT2D eigenvalue weighted by Gasteiger charge is 2.07. The molecule has 120 valence electrons. The number of anilines is 1. The fourth-order valence-electron chi connectivity index (χ4n) is 2.04. The lowest BCUT2D eigenvalue weighted by atomic mass is 10.1. The van der Waals surface area contributed by atoms with Gasteiger partial charge in [-0.15, -0.1) is 0 Å². The summed E-state index contributed by atoms with van der Waals surface area (Å²) >= 11 is 0. The summed E-state index contributed by atoms with van der Waals surface area (Å²) in [6.45, 7) is 1.45. The predicted molar refractivity (Wildman–Crippen MR) is 91.7 cm³/mol. The minimum absolute atomic E-state index is 0.00680. The number of para-hydroxylation sites is 1. The van der Waals surface area contributed by atoms with Gasteiger partial charge in [0.1, 0.15) is 11.8 Å². The number of carbonyl (C=O) groups is 2. The summed E-state index contributed by atoms with van der Waals surface area (Å²) < 4.78 is 5.15. The Hall–Kier alpha value is -3.39. The Morgan fingerprint density at radius 1 is 1.17 bits per heavy atom. The molecule has 0 aliphatic rings. The standard InChI is InChI=1S/C19H16N2O3/c1-14(22)17-4-2-3-5-18(17)21-19(23)11-8-15-6-9-16(10-7-15)24-13-12-20/h2-11H,13H2,1H3,(H,21,23)/b11-8+. The summed E-state index contributed by atoms with van der Waals surface area (Å²) in [6, 6.07) is 15.7. The van der Waals surface area contributed by atoms with E-state index in [0.717, 1.165) is 5.56 Å². The third-order valence-corrected chi connectivity index (χ3v) is 3.17. The molecular weight excluding hydrogens is 304 g/mol. The number of ether oxygens (including phenoxy) is 1. The molecule has 0 atom stereocenters. The van der Waals surface area contributed by atoms with Crippen LogP contribution in [0.2, 0.25) is 0 Å². The maximum absolute atomic E-state index is 12.0. The summed E-state index contributed by atoms with van der Waals surface area (Å²) in [5, 5.41) is 11.1. The minimum atomic E-state index is -0.325. The molecule has 1 amide bonds. The van der Waals surface area contributed by atoms with E-state index in [9.17, 15) is 9.59 Å². The van der Waals surface area contributed by atoms with Gasteiger partial charge in [0.25, 0.3) is 0 Å². The number of amides is 1. The molecule has 0 saturated heterocycles. The van der Waals surface area contributed by atoms with Crippen molar-refractivity contribution in [3.8, 4) is 11.8 Å². The first-order chi connectivity index (χ1) is 11.6. The summed E-state index contributed by atoms with van der Waals surface area (Å²) in [4.78, 5) is 23.5. The lowest BCUT2D eigenvalue weighted by Gasteiger charge is -2.06. The van der Waals surface area contributed by atoms with Crippen LogP contribution in [0.15, 0.2) is 54.6 Å². The molecule has 5 nitrogen and oxygen atoms in total. The molecule has 0 fully saturated rings. The average molecular weight is 320 g/mol. The van der Waals surface area contributed by atoms with Crippen LogP contribution in [0.5, 0.6) is 5.75 Å². The Morgan fingerprint density at radius 2 is 1.88 bits per heavy atom. The second-order valence-electron chi connectivity index (χ2n) is 4.94. The Labute approximate surface area is 140 Å². The third-order valence-electron chi connectivity index (χ3n) is 3.17. The van der Waals surface area contributed by atoms with Crippen molar-refractivity contribution in [1.29, 1.82) is 5.26 Å². The lowest BCUT2D eigenvalue weighted by Crippen LogP contribution is -2.11. The molecule has 2 aromatic carbocycles. The van der Waals surface area contributed by atoms with Gasteiger partial charge in [-0.25, -0.2) is 0 Å². The van der Waals surface area contributed by atoms with Gasteiger partial charge in [-0.05, 0) is 42.8 Å². The van der Waals surface area contributed by atoms with Gasteiger partial charge in [-0.2, -0.15) is 5.26 Å². The van der Waals surface area contributed by atoms with E-state index < -0.39 is 0 Å². The normalized spacial score (nSPS) is 10.2. The Kier molecular flexibility index (Phi) is 5.87. The second-order valence-corrected chi connectivity index (χ2v) is 4.94. The number of nitrogens with one attached hydrogen (secondary N) is 1. The van der Waals surface area contributed by atoms with Crippen molar-refractivity contribution in [2.24, 2.45) is 0 Å². The zero-order valence-corrected chi connectivity index (χ0v) is 13.2. The molecule has 0 aliphatic carbocycles. The van der Waals surface area contributed by atoms with E-state index in [1.165, 1.54) is 13.0 Å². The van der Waals surface area contributed by atoms with Crippen molar-refractivity contribution in [3.63, 3.8) is 0 Å². The summed E-state index contributed by atoms with van der Waals surface area (Å²) in [7, 11) is 0. The fraction of sp³-hybridized carbons (Fsp3) is 0.105. The molecule has 24 heavy (non-hydrogen) atoms. The number of ketones is 1. The SMILES string of the molecule is CC(=O)c1ccccc1NC(=O)/C=C/c1ccc(OCC#N)cc1. The van der Waals surface area contributed by atoms with E-state index >= 15 is 0 Å². The number of hydrogen-bond donors (Lipinski definition) is 1. The minimum Gasteiger partial charge on any atom is -0.479 e. The molecule has 2 rings (SSSR count). The maximum atomic E-state index is 12.0. The van der Waals surface area contributed by atoms with Crippen LogP contribution in [0, 0.1) is 11.3 Å². The van der Waals surface area contributed by atoms with Crippen LogP contribution in [-0.4, -0.2) is 18.3 Å². The number of nitrogens with zero attached hydrogens (tertiary/aromatic N) is 1. The van der Waals surface area contributed by atoms with Crippen LogP contribution in [0.1, 0.15) is 22.8 Å². The Balaban J connectivity index is 2.01. The van der Waals surface area contributed by atoms with Gasteiger partial charge in [-0.3, -0.25) is 9.59 Å². The zero-order valence-electron chi connectivity index (χ0n) is 13.2. The van der Waals surface area contributed by atoms with E-state index in [1.807, 2.05) is 6.07 Å². The van der Waals surface area contributed by atoms with E-state index in [0.29, 0.717) is 17.0 Å². The number of rotatable bonds is 6. The van der Waals surface area contributed by atoms with Gasteiger partial charge >= 0.3 is 0 Å².